The molecular weight excluding hydrogens is 253 g/mol. The number of hydrogen-bond acceptors (Lipinski definition) is 2. The maximum atomic E-state index is 13.7. The van der Waals surface area contributed by atoms with Crippen molar-refractivity contribution in [3.63, 3.8) is 0 Å². The molecule has 3 nitrogen and oxygen atoms in total. The zero-order valence-corrected chi connectivity index (χ0v) is 12.2. The van der Waals surface area contributed by atoms with Crippen molar-refractivity contribution in [1.29, 1.82) is 0 Å². The van der Waals surface area contributed by atoms with E-state index in [1.165, 1.54) is 0 Å². The van der Waals surface area contributed by atoms with Crippen molar-refractivity contribution in [3.8, 4) is 0 Å². The van der Waals surface area contributed by atoms with Crippen molar-refractivity contribution in [3.05, 3.63) is 0 Å². The summed E-state index contributed by atoms with van der Waals surface area (Å²) in [5, 5.41) is -0.480. The number of rotatable bonds is 8. The van der Waals surface area contributed by atoms with Gasteiger partial charge in [0.15, 0.2) is 0 Å². The van der Waals surface area contributed by atoms with Crippen LogP contribution in [0.1, 0.15) is 71.1 Å². The van der Waals surface area contributed by atoms with Gasteiger partial charge in [0.1, 0.15) is 0 Å². The molecule has 0 amide bonds. The summed E-state index contributed by atoms with van der Waals surface area (Å²) in [5.74, 6) is 0. The lowest BCUT2D eigenvalue weighted by Crippen LogP contribution is -2.35. The number of halogens is 1. The second-order valence-corrected chi connectivity index (χ2v) is 7.32. The van der Waals surface area contributed by atoms with Gasteiger partial charge in [-0.05, 0) is 23.8 Å². The minimum atomic E-state index is -3.69. The molecular formula is C13H26FNO2S. The van der Waals surface area contributed by atoms with Crippen LogP contribution in [-0.4, -0.2) is 24.7 Å². The van der Waals surface area contributed by atoms with Gasteiger partial charge in [0.2, 0.25) is 10.0 Å². The van der Waals surface area contributed by atoms with Crippen molar-refractivity contribution in [2.75, 3.05) is 6.54 Å². The van der Waals surface area contributed by atoms with Crippen LogP contribution >= 0.6 is 0 Å². The highest BCUT2D eigenvalue weighted by molar-refractivity contribution is 7.89. The summed E-state index contributed by atoms with van der Waals surface area (Å²) in [5.41, 5.74) is 0. The zero-order chi connectivity index (χ0) is 13.4. The minimum absolute atomic E-state index is 0.0303. The van der Waals surface area contributed by atoms with Crippen LogP contribution in [0.3, 0.4) is 0 Å². The molecule has 0 bridgehead atoms. The van der Waals surface area contributed by atoms with Crippen molar-refractivity contribution in [2.24, 2.45) is 0 Å². The fourth-order valence-electron chi connectivity index (χ4n) is 2.49. The highest BCUT2D eigenvalue weighted by Gasteiger charge is 2.32. The third-order valence-electron chi connectivity index (χ3n) is 3.69. The highest BCUT2D eigenvalue weighted by atomic mass is 32.2. The molecule has 0 aromatic carbocycles. The van der Waals surface area contributed by atoms with E-state index in [1.54, 1.807) is 0 Å². The van der Waals surface area contributed by atoms with E-state index in [2.05, 4.69) is 6.92 Å². The van der Waals surface area contributed by atoms with Crippen LogP contribution in [0.4, 0.5) is 4.48 Å². The number of sulfonamides is 1. The second-order valence-electron chi connectivity index (χ2n) is 5.23. The van der Waals surface area contributed by atoms with Crippen molar-refractivity contribution in [1.82, 2.24) is 4.53 Å². The quantitative estimate of drug-likeness (QED) is 0.500. The molecule has 0 N–H and O–H groups in total. The van der Waals surface area contributed by atoms with Crippen LogP contribution in [0, 0.1) is 0 Å². The Morgan fingerprint density at radius 2 is 1.67 bits per heavy atom. The number of nitrogens with zero attached hydrogens (tertiary/aromatic N) is 1. The lowest BCUT2D eigenvalue weighted by Gasteiger charge is -2.24. The molecule has 5 heteroatoms. The van der Waals surface area contributed by atoms with Crippen LogP contribution in [0.25, 0.3) is 0 Å². The van der Waals surface area contributed by atoms with Gasteiger partial charge in [-0.15, -0.1) is 4.48 Å². The fourth-order valence-corrected chi connectivity index (χ4v) is 4.13. The van der Waals surface area contributed by atoms with Gasteiger partial charge in [-0.1, -0.05) is 51.9 Å². The third-order valence-corrected chi connectivity index (χ3v) is 5.74. The monoisotopic (exact) mass is 279 g/mol. The SMILES string of the molecule is CCCCCCCN(F)S(=O)(=O)C1CCCCC1. The molecule has 0 atom stereocenters. The van der Waals surface area contributed by atoms with E-state index in [9.17, 15) is 12.9 Å². The first-order valence-electron chi connectivity index (χ1n) is 7.26. The summed E-state index contributed by atoms with van der Waals surface area (Å²) in [6.07, 6.45) is 9.03. The predicted octanol–water partition coefficient (Wildman–Crippen LogP) is 3.81. The summed E-state index contributed by atoms with van der Waals surface area (Å²) < 4.78 is 37.7. The Kier molecular flexibility index (Phi) is 7.15. The fraction of sp³-hybridized carbons (Fsp3) is 1.00. The molecule has 1 aliphatic carbocycles. The normalized spacial score (nSPS) is 18.4. The standard InChI is InChI=1S/C13H26FNO2S/c1-2-3-4-5-9-12-15(14)18(16,17)13-10-7-6-8-11-13/h13H,2-12H2,1H3. The maximum Gasteiger partial charge on any atom is 0.243 e. The first-order valence-corrected chi connectivity index (χ1v) is 8.76. The van der Waals surface area contributed by atoms with Crippen molar-refractivity contribution in [2.45, 2.75) is 76.4 Å². The van der Waals surface area contributed by atoms with Gasteiger partial charge < -0.3 is 0 Å². The average molecular weight is 279 g/mol. The van der Waals surface area contributed by atoms with Gasteiger partial charge in [0.05, 0.1) is 5.25 Å². The number of hydrogen-bond donors (Lipinski definition) is 0. The van der Waals surface area contributed by atoms with Gasteiger partial charge >= 0.3 is 0 Å². The maximum absolute atomic E-state index is 13.7. The molecule has 1 fully saturated rings. The van der Waals surface area contributed by atoms with Crippen LogP contribution in [0.5, 0.6) is 0 Å². The van der Waals surface area contributed by atoms with Crippen LogP contribution in [0.2, 0.25) is 0 Å². The highest BCUT2D eigenvalue weighted by Crippen LogP contribution is 2.26. The zero-order valence-electron chi connectivity index (χ0n) is 11.4. The molecule has 1 aliphatic rings. The molecule has 1 saturated carbocycles. The van der Waals surface area contributed by atoms with Gasteiger partial charge in [-0.2, -0.15) is 0 Å². The van der Waals surface area contributed by atoms with E-state index < -0.39 is 15.3 Å². The van der Waals surface area contributed by atoms with Crippen molar-refractivity contribution < 1.29 is 12.9 Å². The Morgan fingerprint density at radius 3 is 2.28 bits per heavy atom. The summed E-state index contributed by atoms with van der Waals surface area (Å²) >= 11 is 0. The van der Waals surface area contributed by atoms with Gasteiger partial charge in [-0.25, -0.2) is 8.42 Å². The molecule has 0 saturated heterocycles. The molecule has 0 spiro atoms. The van der Waals surface area contributed by atoms with Crippen LogP contribution in [-0.2, 0) is 10.0 Å². The molecule has 1 rings (SSSR count). The molecule has 0 aliphatic heterocycles. The average Bonchev–Trinajstić information content (AvgIpc) is 2.39. The van der Waals surface area contributed by atoms with E-state index >= 15 is 0 Å². The van der Waals surface area contributed by atoms with E-state index in [0.717, 1.165) is 44.9 Å². The summed E-state index contributed by atoms with van der Waals surface area (Å²) in [4.78, 5) is 0. The number of unbranched alkanes of at least 4 members (excludes halogenated alkanes) is 4. The molecule has 0 unspecified atom stereocenters. The Morgan fingerprint density at radius 1 is 1.06 bits per heavy atom. The van der Waals surface area contributed by atoms with Crippen molar-refractivity contribution >= 4 is 10.0 Å². The summed E-state index contributed by atoms with van der Waals surface area (Å²) in [7, 11) is -3.69. The Hall–Kier alpha value is -0.160. The largest absolute Gasteiger partial charge is 0.243 e. The van der Waals surface area contributed by atoms with E-state index in [0.29, 0.717) is 19.3 Å². The Labute approximate surface area is 111 Å². The van der Waals surface area contributed by atoms with Gasteiger partial charge in [-0.3, -0.25) is 0 Å². The molecule has 0 heterocycles. The lowest BCUT2D eigenvalue weighted by molar-refractivity contribution is 0.132. The molecule has 0 aromatic heterocycles. The molecule has 18 heavy (non-hydrogen) atoms. The second kappa shape index (κ2) is 8.10. The topological polar surface area (TPSA) is 37.4 Å². The van der Waals surface area contributed by atoms with E-state index in [1.807, 2.05) is 0 Å². The first kappa shape index (κ1) is 15.9. The first-order chi connectivity index (χ1) is 8.59. The summed E-state index contributed by atoms with van der Waals surface area (Å²) in [6.45, 7) is 2.15. The van der Waals surface area contributed by atoms with Crippen LogP contribution < -0.4 is 0 Å². The van der Waals surface area contributed by atoms with Crippen LogP contribution in [0.15, 0.2) is 0 Å². The Bertz CT molecular complexity index is 313. The minimum Gasteiger partial charge on any atom is -0.210 e. The van der Waals surface area contributed by atoms with E-state index in [-0.39, 0.29) is 11.1 Å². The summed E-state index contributed by atoms with van der Waals surface area (Å²) in [6, 6.07) is 0. The molecule has 108 valence electrons. The smallest absolute Gasteiger partial charge is 0.210 e. The van der Waals surface area contributed by atoms with Gasteiger partial charge in [0, 0.05) is 6.54 Å². The van der Waals surface area contributed by atoms with Gasteiger partial charge in [0.25, 0.3) is 0 Å². The third kappa shape index (κ3) is 4.84. The molecule has 0 aromatic rings. The Balaban J connectivity index is 2.32. The van der Waals surface area contributed by atoms with E-state index in [4.69, 9.17) is 0 Å². The predicted molar refractivity (Wildman–Crippen MR) is 72.4 cm³/mol. The lowest BCUT2D eigenvalue weighted by atomic mass is 10.0. The molecule has 0 radical (unpaired) electrons.